The lowest BCUT2D eigenvalue weighted by Crippen LogP contribution is -2.28. The van der Waals surface area contributed by atoms with Crippen molar-refractivity contribution in [1.82, 2.24) is 10.4 Å². The molecule has 2 aromatic carbocycles. The fourth-order valence-corrected chi connectivity index (χ4v) is 3.27. The monoisotopic (exact) mass is 551 g/mol. The molecular weight excluding hydrogens is 534 g/mol. The molecular formula is C19H17F3IN3O5. The van der Waals surface area contributed by atoms with Crippen molar-refractivity contribution in [3.05, 3.63) is 56.4 Å². The van der Waals surface area contributed by atoms with E-state index >= 15 is 0 Å². The third kappa shape index (κ3) is 5.37. The highest BCUT2D eigenvalue weighted by atomic mass is 127. The summed E-state index contributed by atoms with van der Waals surface area (Å²) in [5, 5.41) is 11.2. The molecule has 0 bridgehead atoms. The summed E-state index contributed by atoms with van der Waals surface area (Å²) in [6.07, 6.45) is -0.694. The van der Waals surface area contributed by atoms with E-state index in [-0.39, 0.29) is 44.2 Å². The fourth-order valence-electron chi connectivity index (χ4n) is 2.81. The third-order valence-electron chi connectivity index (χ3n) is 4.28. The van der Waals surface area contributed by atoms with Gasteiger partial charge in [-0.3, -0.25) is 9.63 Å². The number of carbonyl (C=O) groups is 2. The Kier molecular flexibility index (Phi) is 7.56. The molecule has 0 radical (unpaired) electrons. The van der Waals surface area contributed by atoms with E-state index in [0.717, 1.165) is 11.0 Å². The molecule has 1 aliphatic rings. The van der Waals surface area contributed by atoms with Gasteiger partial charge in [0.15, 0.2) is 11.6 Å². The van der Waals surface area contributed by atoms with Crippen LogP contribution in [0.15, 0.2) is 24.3 Å². The fraction of sp³-hybridized carbons (Fsp3) is 0.263. The number of amides is 2. The predicted molar refractivity (Wildman–Crippen MR) is 111 cm³/mol. The molecule has 31 heavy (non-hydrogen) atoms. The lowest BCUT2D eigenvalue weighted by molar-refractivity contribution is 0.0168. The van der Waals surface area contributed by atoms with Gasteiger partial charge in [0.2, 0.25) is 0 Å². The maximum absolute atomic E-state index is 15.0. The number of nitrogens with one attached hydrogen (secondary N) is 2. The van der Waals surface area contributed by atoms with Crippen molar-refractivity contribution in [2.24, 2.45) is 0 Å². The van der Waals surface area contributed by atoms with Crippen LogP contribution in [0.1, 0.15) is 15.9 Å². The van der Waals surface area contributed by atoms with E-state index in [9.17, 15) is 22.8 Å². The largest absolute Gasteiger partial charge is 0.448 e. The van der Waals surface area contributed by atoms with Crippen LogP contribution in [0.5, 0.6) is 0 Å². The number of anilines is 2. The molecule has 1 saturated heterocycles. The third-order valence-corrected chi connectivity index (χ3v) is 4.95. The number of aliphatic hydroxyl groups excluding tert-OH is 1. The van der Waals surface area contributed by atoms with Crippen molar-refractivity contribution in [3.8, 4) is 0 Å². The zero-order chi connectivity index (χ0) is 22.5. The van der Waals surface area contributed by atoms with Crippen molar-refractivity contribution in [1.29, 1.82) is 0 Å². The molecule has 2 amide bonds. The number of aliphatic hydroxyl groups is 1. The minimum absolute atomic E-state index is 0.108. The molecule has 166 valence electrons. The van der Waals surface area contributed by atoms with Crippen molar-refractivity contribution < 1.29 is 37.4 Å². The van der Waals surface area contributed by atoms with E-state index < -0.39 is 40.7 Å². The second-order valence-electron chi connectivity index (χ2n) is 6.37. The number of rotatable bonds is 8. The van der Waals surface area contributed by atoms with Gasteiger partial charge in [0, 0.05) is 9.13 Å². The van der Waals surface area contributed by atoms with E-state index in [1.807, 2.05) is 28.1 Å². The maximum atomic E-state index is 15.0. The van der Waals surface area contributed by atoms with Crippen LogP contribution >= 0.6 is 22.6 Å². The molecule has 0 aliphatic carbocycles. The lowest BCUT2D eigenvalue weighted by Gasteiger charge is -2.18. The van der Waals surface area contributed by atoms with Gasteiger partial charge in [-0.2, -0.15) is 0 Å². The first-order chi connectivity index (χ1) is 14.8. The minimum Gasteiger partial charge on any atom is -0.448 e. The molecule has 2 aromatic rings. The molecule has 0 aromatic heterocycles. The first kappa shape index (κ1) is 23.1. The van der Waals surface area contributed by atoms with Gasteiger partial charge in [0.1, 0.15) is 12.4 Å². The summed E-state index contributed by atoms with van der Waals surface area (Å²) < 4.78 is 49.4. The van der Waals surface area contributed by atoms with E-state index in [1.54, 1.807) is 0 Å². The number of hydrogen-bond acceptors (Lipinski definition) is 6. The van der Waals surface area contributed by atoms with E-state index in [2.05, 4.69) is 5.32 Å². The van der Waals surface area contributed by atoms with E-state index in [1.165, 1.54) is 18.2 Å². The zero-order valence-corrected chi connectivity index (χ0v) is 18.0. The Balaban J connectivity index is 2.01. The topological polar surface area (TPSA) is 100 Å². The average Bonchev–Trinajstić information content (AvgIpc) is 3.13. The van der Waals surface area contributed by atoms with Gasteiger partial charge in [0.25, 0.3) is 5.91 Å². The van der Waals surface area contributed by atoms with E-state index in [0.29, 0.717) is 3.57 Å². The number of carbonyl (C=O) groups excluding carboxylic acids is 2. The minimum atomic E-state index is -1.43. The van der Waals surface area contributed by atoms with Gasteiger partial charge in [-0.15, -0.1) is 0 Å². The molecule has 3 N–H and O–H groups in total. The number of halogens is 4. The second-order valence-corrected chi connectivity index (χ2v) is 7.62. The van der Waals surface area contributed by atoms with Gasteiger partial charge < -0.3 is 20.1 Å². The van der Waals surface area contributed by atoms with Gasteiger partial charge >= 0.3 is 6.09 Å². The Morgan fingerprint density at radius 3 is 2.68 bits per heavy atom. The van der Waals surface area contributed by atoms with Crippen molar-refractivity contribution in [2.45, 2.75) is 6.54 Å². The summed E-state index contributed by atoms with van der Waals surface area (Å²) in [7, 11) is 0. The van der Waals surface area contributed by atoms with Crippen molar-refractivity contribution >= 4 is 46.0 Å². The van der Waals surface area contributed by atoms with Gasteiger partial charge in [-0.05, 0) is 46.9 Å². The smallest absolute Gasteiger partial charge is 0.410 e. The molecule has 0 saturated carbocycles. The normalized spacial score (nSPS) is 13.3. The first-order valence-corrected chi connectivity index (χ1v) is 10.1. The molecule has 8 nitrogen and oxygen atoms in total. The Labute approximate surface area is 188 Å². The van der Waals surface area contributed by atoms with Crippen LogP contribution in [0, 0.1) is 21.0 Å². The van der Waals surface area contributed by atoms with Crippen LogP contribution in [0.3, 0.4) is 0 Å². The number of nitrogens with zero attached hydrogens (tertiary/aromatic N) is 1. The Morgan fingerprint density at radius 2 is 2.03 bits per heavy atom. The quantitative estimate of drug-likeness (QED) is 0.265. The molecule has 3 rings (SSSR count). The number of cyclic esters (lactones) is 1. The molecule has 1 heterocycles. The highest BCUT2D eigenvalue weighted by Crippen LogP contribution is 2.31. The number of ether oxygens (including phenoxy) is 1. The Bertz CT molecular complexity index is 1010. The van der Waals surface area contributed by atoms with Gasteiger partial charge in [-0.25, -0.2) is 23.4 Å². The number of hydrogen-bond donors (Lipinski definition) is 3. The number of hydroxylamine groups is 1. The Morgan fingerprint density at radius 1 is 1.26 bits per heavy atom. The Hall–Kier alpha value is -2.58. The molecule has 1 aliphatic heterocycles. The highest BCUT2D eigenvalue weighted by molar-refractivity contribution is 14.1. The van der Waals surface area contributed by atoms with Gasteiger partial charge in [0.05, 0.1) is 43.2 Å². The number of benzene rings is 2. The zero-order valence-electron chi connectivity index (χ0n) is 15.9. The van der Waals surface area contributed by atoms with Crippen LogP contribution in [0.2, 0.25) is 0 Å². The molecule has 12 heteroatoms. The van der Waals surface area contributed by atoms with Crippen molar-refractivity contribution in [3.63, 3.8) is 0 Å². The molecule has 0 unspecified atom stereocenters. The predicted octanol–water partition coefficient (Wildman–Crippen LogP) is 3.06. The second kappa shape index (κ2) is 10.2. The molecule has 0 atom stereocenters. The maximum Gasteiger partial charge on any atom is 0.410 e. The molecule has 0 spiro atoms. The van der Waals surface area contributed by atoms with E-state index in [4.69, 9.17) is 14.7 Å². The van der Waals surface area contributed by atoms with Crippen LogP contribution in [0.25, 0.3) is 0 Å². The summed E-state index contributed by atoms with van der Waals surface area (Å²) >= 11 is 1.89. The summed E-state index contributed by atoms with van der Waals surface area (Å²) in [6.45, 7) is -0.681. The highest BCUT2D eigenvalue weighted by Gasteiger charge is 2.28. The summed E-state index contributed by atoms with van der Waals surface area (Å²) in [6, 6.07) is 5.06. The van der Waals surface area contributed by atoms with Crippen molar-refractivity contribution in [2.75, 3.05) is 31.7 Å². The summed E-state index contributed by atoms with van der Waals surface area (Å²) in [5.74, 6) is -4.44. The van der Waals surface area contributed by atoms with Gasteiger partial charge in [-0.1, -0.05) is 0 Å². The van der Waals surface area contributed by atoms with Crippen LogP contribution in [-0.2, 0) is 16.1 Å². The lowest BCUT2D eigenvalue weighted by atomic mass is 10.0. The SMILES string of the molecule is O=C(NOCCO)c1cc(CN2CCOC2=O)c(F)c(F)c1Nc1ccc(I)cc1F. The van der Waals surface area contributed by atoms with Crippen LogP contribution in [0.4, 0.5) is 29.3 Å². The standard InChI is InChI=1S/C19H17F3IN3O5/c20-13-8-11(23)1-2-14(13)24-17-12(18(28)25-31-6-4-27)7-10(15(21)16(17)22)9-26-3-5-30-19(26)29/h1-2,7-8,24,27H,3-6,9H2,(H,25,28). The van der Waals surface area contributed by atoms with Crippen LogP contribution < -0.4 is 10.8 Å². The first-order valence-electron chi connectivity index (χ1n) is 8.99. The average molecular weight is 551 g/mol. The molecule has 1 fully saturated rings. The summed E-state index contributed by atoms with van der Waals surface area (Å²) in [5.41, 5.74) is 0.530. The summed E-state index contributed by atoms with van der Waals surface area (Å²) in [4.78, 5) is 30.1. The van der Waals surface area contributed by atoms with Crippen LogP contribution in [-0.4, -0.2) is 48.4 Å².